The molecule has 1 aliphatic heterocycles. The minimum Gasteiger partial charge on any atom is -0.481 e. The van der Waals surface area contributed by atoms with Crippen molar-refractivity contribution in [1.82, 2.24) is 5.32 Å². The molecule has 1 unspecified atom stereocenters. The fourth-order valence-electron chi connectivity index (χ4n) is 3.06. The Kier molecular flexibility index (Phi) is 6.35. The lowest BCUT2D eigenvalue weighted by atomic mass is 9.92. The van der Waals surface area contributed by atoms with Gasteiger partial charge in [0.25, 0.3) is 0 Å². The zero-order valence-electron chi connectivity index (χ0n) is 13.5. The molecule has 0 radical (unpaired) electrons. The van der Waals surface area contributed by atoms with Crippen LogP contribution in [0.1, 0.15) is 43.2 Å². The summed E-state index contributed by atoms with van der Waals surface area (Å²) in [6.45, 7) is 0. The molecule has 24 heavy (non-hydrogen) atoms. The van der Waals surface area contributed by atoms with Crippen molar-refractivity contribution in [3.63, 3.8) is 0 Å². The minimum atomic E-state index is -1.28. The molecule has 0 bridgehead atoms. The Morgan fingerprint density at radius 2 is 1.62 bits per heavy atom. The van der Waals surface area contributed by atoms with E-state index < -0.39 is 29.8 Å². The maximum absolute atomic E-state index is 12.3. The number of aryl methyl sites for hydroxylation is 1. The minimum absolute atomic E-state index is 0.0731. The second-order valence-corrected chi connectivity index (χ2v) is 6.22. The number of rotatable bonds is 2. The molecule has 0 fully saturated rings. The average Bonchev–Trinajstić information content (AvgIpc) is 2.55. The van der Waals surface area contributed by atoms with Crippen LogP contribution in [0.5, 0.6) is 0 Å². The van der Waals surface area contributed by atoms with Gasteiger partial charge in [-0.2, -0.15) is 0 Å². The van der Waals surface area contributed by atoms with Gasteiger partial charge in [0, 0.05) is 0 Å². The molecule has 130 valence electrons. The highest BCUT2D eigenvalue weighted by Crippen LogP contribution is 2.19. The molecule has 3 N–H and O–H groups in total. The molecule has 0 aliphatic carbocycles. The molecule has 1 amide bonds. The van der Waals surface area contributed by atoms with E-state index in [9.17, 15) is 24.6 Å². The van der Waals surface area contributed by atoms with Crippen molar-refractivity contribution in [2.24, 2.45) is 5.92 Å². The first-order valence-corrected chi connectivity index (χ1v) is 8.32. The average molecular weight is 333 g/mol. The zero-order valence-corrected chi connectivity index (χ0v) is 13.5. The number of hydrogen-bond donors (Lipinski definition) is 3. The van der Waals surface area contributed by atoms with E-state index in [1.54, 1.807) is 0 Å². The summed E-state index contributed by atoms with van der Waals surface area (Å²) in [5, 5.41) is 21.0. The Labute approximate surface area is 140 Å². The highest BCUT2D eigenvalue weighted by Gasteiger charge is 2.30. The number of amides is 1. The van der Waals surface area contributed by atoms with Crippen LogP contribution >= 0.6 is 0 Å². The van der Waals surface area contributed by atoms with Crippen LogP contribution in [0.4, 0.5) is 0 Å². The second-order valence-electron chi connectivity index (χ2n) is 6.22. The van der Waals surface area contributed by atoms with Crippen LogP contribution in [0.2, 0.25) is 0 Å². The smallest absolute Gasteiger partial charge is 0.326 e. The summed E-state index contributed by atoms with van der Waals surface area (Å²) in [6, 6.07) is 6.51. The van der Waals surface area contributed by atoms with E-state index in [2.05, 4.69) is 5.32 Å². The second kappa shape index (κ2) is 8.47. The van der Waals surface area contributed by atoms with Crippen LogP contribution in [0.15, 0.2) is 24.3 Å². The third-order valence-electron chi connectivity index (χ3n) is 4.46. The van der Waals surface area contributed by atoms with Gasteiger partial charge in [0.15, 0.2) is 0 Å². The Morgan fingerprint density at radius 1 is 0.958 bits per heavy atom. The van der Waals surface area contributed by atoms with Gasteiger partial charge >= 0.3 is 11.9 Å². The van der Waals surface area contributed by atoms with Crippen molar-refractivity contribution < 1.29 is 24.6 Å². The first kappa shape index (κ1) is 18.0. The molecule has 1 aromatic rings. The van der Waals surface area contributed by atoms with Gasteiger partial charge in [-0.05, 0) is 36.8 Å². The molecule has 1 aromatic carbocycles. The third-order valence-corrected chi connectivity index (χ3v) is 4.46. The summed E-state index contributed by atoms with van der Waals surface area (Å²) in [5.41, 5.74) is 1.90. The molecular weight excluding hydrogens is 310 g/mol. The standard InChI is InChI=1S/C18H23NO5/c20-16-14(17(21)22)11-13-9-6-5-8-12(13)7-3-1-2-4-10-15(19-16)18(23)24/h5-6,8-9,14-15H,1-4,7,10-11H2,(H,19,20)(H,21,22)(H,23,24)/t14?,15-/m0/s1. The maximum Gasteiger partial charge on any atom is 0.326 e. The topological polar surface area (TPSA) is 104 Å². The van der Waals surface area contributed by atoms with Gasteiger partial charge in [0.2, 0.25) is 5.91 Å². The van der Waals surface area contributed by atoms with Gasteiger partial charge in [0.1, 0.15) is 12.0 Å². The van der Waals surface area contributed by atoms with E-state index >= 15 is 0 Å². The molecule has 0 saturated heterocycles. The lowest BCUT2D eigenvalue weighted by molar-refractivity contribution is -0.150. The summed E-state index contributed by atoms with van der Waals surface area (Å²) < 4.78 is 0. The Bertz CT molecular complexity index is 613. The lowest BCUT2D eigenvalue weighted by Gasteiger charge is -2.18. The highest BCUT2D eigenvalue weighted by atomic mass is 16.4. The molecule has 0 aromatic heterocycles. The Hall–Kier alpha value is -2.37. The van der Waals surface area contributed by atoms with Gasteiger partial charge in [0.05, 0.1) is 0 Å². The molecule has 2 rings (SSSR count). The van der Waals surface area contributed by atoms with Crippen molar-refractivity contribution in [1.29, 1.82) is 0 Å². The fraction of sp³-hybridized carbons (Fsp3) is 0.500. The van der Waals surface area contributed by atoms with E-state index in [1.165, 1.54) is 0 Å². The number of aliphatic carboxylic acids is 2. The molecular formula is C18H23NO5. The summed E-state index contributed by atoms with van der Waals surface area (Å²) in [7, 11) is 0. The number of carboxylic acid groups (broad SMARTS) is 2. The SMILES string of the molecule is O=C(O)C1Cc2ccccc2CCCCCC[C@@H](C(=O)O)NC1=O. The number of nitrogens with one attached hydrogen (secondary N) is 1. The molecule has 0 saturated carbocycles. The summed E-state index contributed by atoms with van der Waals surface area (Å²) in [5.74, 6) is -4.37. The Balaban J connectivity index is 2.28. The quantitative estimate of drug-likeness (QED) is 0.718. The monoisotopic (exact) mass is 333 g/mol. The van der Waals surface area contributed by atoms with Gasteiger partial charge in [-0.25, -0.2) is 4.79 Å². The molecule has 1 heterocycles. The number of fused-ring (bicyclic) bond motifs is 1. The predicted molar refractivity (Wildman–Crippen MR) is 87.6 cm³/mol. The van der Waals surface area contributed by atoms with Crippen LogP contribution < -0.4 is 5.32 Å². The van der Waals surface area contributed by atoms with Gasteiger partial charge in [-0.15, -0.1) is 0 Å². The number of carbonyl (C=O) groups is 3. The van der Waals surface area contributed by atoms with E-state index in [4.69, 9.17) is 0 Å². The summed E-state index contributed by atoms with van der Waals surface area (Å²) in [6.07, 6.45) is 4.77. The van der Waals surface area contributed by atoms with Crippen LogP contribution in [0.25, 0.3) is 0 Å². The van der Waals surface area contributed by atoms with Crippen LogP contribution in [-0.4, -0.2) is 34.1 Å². The normalized spacial score (nSPS) is 22.9. The molecule has 6 nitrogen and oxygen atoms in total. The van der Waals surface area contributed by atoms with Crippen LogP contribution in [-0.2, 0) is 27.2 Å². The lowest BCUT2D eigenvalue weighted by Crippen LogP contribution is -2.46. The zero-order chi connectivity index (χ0) is 17.5. The van der Waals surface area contributed by atoms with E-state index in [-0.39, 0.29) is 6.42 Å². The number of carboxylic acids is 2. The highest BCUT2D eigenvalue weighted by molar-refractivity contribution is 5.98. The maximum atomic E-state index is 12.3. The van der Waals surface area contributed by atoms with E-state index in [1.807, 2.05) is 24.3 Å². The molecule has 6 heteroatoms. The van der Waals surface area contributed by atoms with Crippen molar-refractivity contribution in [2.75, 3.05) is 0 Å². The molecule has 2 atom stereocenters. The van der Waals surface area contributed by atoms with E-state index in [0.29, 0.717) is 12.8 Å². The van der Waals surface area contributed by atoms with Crippen molar-refractivity contribution in [2.45, 2.75) is 51.0 Å². The number of carbonyl (C=O) groups excluding carboxylic acids is 1. The van der Waals surface area contributed by atoms with Crippen LogP contribution in [0, 0.1) is 5.92 Å². The first-order valence-electron chi connectivity index (χ1n) is 8.32. The van der Waals surface area contributed by atoms with Crippen molar-refractivity contribution in [3.8, 4) is 0 Å². The van der Waals surface area contributed by atoms with E-state index in [0.717, 1.165) is 36.8 Å². The summed E-state index contributed by atoms with van der Waals surface area (Å²) in [4.78, 5) is 35.2. The van der Waals surface area contributed by atoms with Gasteiger partial charge < -0.3 is 15.5 Å². The van der Waals surface area contributed by atoms with Crippen molar-refractivity contribution >= 4 is 17.8 Å². The number of hydrogen-bond acceptors (Lipinski definition) is 3. The largest absolute Gasteiger partial charge is 0.481 e. The summed E-state index contributed by atoms with van der Waals surface area (Å²) >= 11 is 0. The van der Waals surface area contributed by atoms with Crippen molar-refractivity contribution in [3.05, 3.63) is 35.4 Å². The molecule has 1 aliphatic rings. The molecule has 0 spiro atoms. The van der Waals surface area contributed by atoms with Gasteiger partial charge in [-0.3, -0.25) is 9.59 Å². The first-order chi connectivity index (χ1) is 11.5. The fourth-order valence-corrected chi connectivity index (χ4v) is 3.06. The van der Waals surface area contributed by atoms with Crippen LogP contribution in [0.3, 0.4) is 0 Å². The Morgan fingerprint density at radius 3 is 2.29 bits per heavy atom. The van der Waals surface area contributed by atoms with Gasteiger partial charge in [-0.1, -0.05) is 43.5 Å². The third kappa shape index (κ3) is 4.81. The predicted octanol–water partition coefficient (Wildman–Crippen LogP) is 2.01. The number of benzene rings is 1.